The molecule has 5 unspecified atom stereocenters. The lowest BCUT2D eigenvalue weighted by Gasteiger charge is -2.40. The van der Waals surface area contributed by atoms with Crippen LogP contribution in [0.1, 0.15) is 70.1 Å². The number of nitrogens with zero attached hydrogens (tertiary/aromatic N) is 2. The van der Waals surface area contributed by atoms with Crippen LogP contribution in [0, 0.1) is 18.8 Å². The number of hydrogen-bond donors (Lipinski definition) is 2. The van der Waals surface area contributed by atoms with E-state index in [0.29, 0.717) is 24.5 Å². The van der Waals surface area contributed by atoms with Crippen LogP contribution in [0.15, 0.2) is 12.1 Å². The Morgan fingerprint density at radius 3 is 2.44 bits per heavy atom. The standard InChI is InChI=1S/C27H43ClN4O2/c1-7-32(21-10-8-20(9-11-21)31(5)6)24-14-19(28)13-22(18(24)4)25-27(34-25)29-15-23-16(2)12-17(3)30-26(23)33/h13-14,16-17,20-21,23,25,27,29H,7-12,15H2,1-6H3,(H,30,33). The minimum atomic E-state index is -0.0602. The van der Waals surface area contributed by atoms with Crippen LogP contribution in [0.3, 0.4) is 0 Å². The van der Waals surface area contributed by atoms with Crippen molar-refractivity contribution in [3.8, 4) is 0 Å². The number of halogens is 1. The fourth-order valence-corrected chi connectivity index (χ4v) is 6.44. The molecule has 0 bridgehead atoms. The summed E-state index contributed by atoms with van der Waals surface area (Å²) in [5.74, 6) is 0.512. The lowest BCUT2D eigenvalue weighted by atomic mass is 9.84. The summed E-state index contributed by atoms with van der Waals surface area (Å²) < 4.78 is 6.05. The van der Waals surface area contributed by atoms with E-state index < -0.39 is 0 Å². The first-order valence-electron chi connectivity index (χ1n) is 13.1. The molecule has 34 heavy (non-hydrogen) atoms. The molecule has 7 heteroatoms. The molecule has 190 valence electrons. The molecule has 2 N–H and O–H groups in total. The molecule has 3 aliphatic rings. The molecule has 5 atom stereocenters. The van der Waals surface area contributed by atoms with Crippen molar-refractivity contribution >= 4 is 23.2 Å². The Kier molecular flexibility index (Phi) is 8.13. The summed E-state index contributed by atoms with van der Waals surface area (Å²) in [6.07, 6.45) is 5.85. The number of carbonyl (C=O) groups excluding carboxylic acids is 1. The van der Waals surface area contributed by atoms with Gasteiger partial charge >= 0.3 is 0 Å². The van der Waals surface area contributed by atoms with Gasteiger partial charge in [-0.05, 0) is 96.1 Å². The smallest absolute Gasteiger partial charge is 0.224 e. The summed E-state index contributed by atoms with van der Waals surface area (Å²) >= 11 is 6.63. The molecule has 4 rings (SSSR count). The van der Waals surface area contributed by atoms with E-state index in [-0.39, 0.29) is 30.2 Å². The number of anilines is 1. The quantitative estimate of drug-likeness (QED) is 0.525. The molecular formula is C27H43ClN4O2. The highest BCUT2D eigenvalue weighted by molar-refractivity contribution is 6.31. The lowest BCUT2D eigenvalue weighted by Crippen LogP contribution is -2.50. The number of carbonyl (C=O) groups is 1. The molecule has 0 aromatic heterocycles. The van der Waals surface area contributed by atoms with E-state index in [1.54, 1.807) is 0 Å². The van der Waals surface area contributed by atoms with E-state index in [4.69, 9.17) is 16.3 Å². The fraction of sp³-hybridized carbons (Fsp3) is 0.741. The largest absolute Gasteiger partial charge is 0.369 e. The van der Waals surface area contributed by atoms with Gasteiger partial charge in [-0.1, -0.05) is 18.5 Å². The molecule has 3 fully saturated rings. The van der Waals surface area contributed by atoms with Crippen molar-refractivity contribution in [3.63, 3.8) is 0 Å². The van der Waals surface area contributed by atoms with Crippen molar-refractivity contribution in [3.05, 3.63) is 28.3 Å². The van der Waals surface area contributed by atoms with Crippen LogP contribution < -0.4 is 15.5 Å². The third-order valence-corrected chi connectivity index (χ3v) is 8.57. The number of ether oxygens (including phenoxy) is 1. The summed E-state index contributed by atoms with van der Waals surface area (Å²) in [5, 5.41) is 7.34. The first kappa shape index (κ1) is 25.7. The minimum Gasteiger partial charge on any atom is -0.369 e. The number of benzene rings is 1. The van der Waals surface area contributed by atoms with E-state index >= 15 is 0 Å². The van der Waals surface area contributed by atoms with Crippen LogP contribution in [0.25, 0.3) is 0 Å². The number of epoxide rings is 1. The molecule has 1 aromatic rings. The SMILES string of the molecule is CCN(c1cc(Cl)cc(C2OC2NCC2C(=O)NC(C)CC2C)c1C)C1CCC(N(C)C)CC1. The predicted octanol–water partition coefficient (Wildman–Crippen LogP) is 4.50. The molecule has 0 radical (unpaired) electrons. The van der Waals surface area contributed by atoms with Gasteiger partial charge in [-0.2, -0.15) is 0 Å². The fourth-order valence-electron chi connectivity index (χ4n) is 6.22. The van der Waals surface area contributed by atoms with Crippen molar-refractivity contribution < 1.29 is 9.53 Å². The van der Waals surface area contributed by atoms with Gasteiger partial charge in [0.1, 0.15) is 12.3 Å². The molecule has 6 nitrogen and oxygen atoms in total. The van der Waals surface area contributed by atoms with Gasteiger partial charge in [-0.3, -0.25) is 10.1 Å². The van der Waals surface area contributed by atoms with Crippen molar-refractivity contribution in [2.45, 2.75) is 90.3 Å². The van der Waals surface area contributed by atoms with Crippen LogP contribution >= 0.6 is 11.6 Å². The predicted molar refractivity (Wildman–Crippen MR) is 139 cm³/mol. The number of amides is 1. The Bertz CT molecular complexity index is 870. The van der Waals surface area contributed by atoms with Gasteiger partial charge in [0.25, 0.3) is 0 Å². The second-order valence-electron chi connectivity index (χ2n) is 11.0. The van der Waals surface area contributed by atoms with Crippen molar-refractivity contribution in [2.24, 2.45) is 11.8 Å². The van der Waals surface area contributed by atoms with Gasteiger partial charge in [-0.25, -0.2) is 0 Å². The summed E-state index contributed by atoms with van der Waals surface area (Å²) in [5.41, 5.74) is 3.66. The Hall–Kier alpha value is -1.34. The second kappa shape index (κ2) is 10.7. The Morgan fingerprint density at radius 2 is 1.82 bits per heavy atom. The zero-order chi connectivity index (χ0) is 24.6. The molecule has 1 aromatic carbocycles. The van der Waals surface area contributed by atoms with E-state index in [1.165, 1.54) is 36.9 Å². The summed E-state index contributed by atoms with van der Waals surface area (Å²) in [6.45, 7) is 10.3. The van der Waals surface area contributed by atoms with E-state index in [1.807, 2.05) is 0 Å². The second-order valence-corrected chi connectivity index (χ2v) is 11.4. The van der Waals surface area contributed by atoms with Crippen LogP contribution in [-0.2, 0) is 9.53 Å². The molecule has 2 saturated heterocycles. The molecule has 2 heterocycles. The average Bonchev–Trinajstić information content (AvgIpc) is 3.55. The number of piperidine rings is 1. The number of nitrogens with one attached hydrogen (secondary N) is 2. The van der Waals surface area contributed by atoms with E-state index in [9.17, 15) is 4.79 Å². The summed E-state index contributed by atoms with van der Waals surface area (Å²) in [4.78, 5) is 17.4. The Balaban J connectivity index is 1.42. The van der Waals surface area contributed by atoms with Crippen LogP contribution in [0.2, 0.25) is 5.02 Å². The normalized spacial score (nSPS) is 33.6. The van der Waals surface area contributed by atoms with Gasteiger partial charge < -0.3 is 19.9 Å². The molecule has 0 spiro atoms. The minimum absolute atomic E-state index is 0.00931. The molecule has 2 aliphatic heterocycles. The van der Waals surface area contributed by atoms with Gasteiger partial charge in [-0.15, -0.1) is 0 Å². The summed E-state index contributed by atoms with van der Waals surface area (Å²) in [6, 6.07) is 5.68. The Morgan fingerprint density at radius 1 is 1.15 bits per heavy atom. The lowest BCUT2D eigenvalue weighted by molar-refractivity contribution is -0.129. The highest BCUT2D eigenvalue weighted by Crippen LogP contribution is 2.43. The zero-order valence-electron chi connectivity index (χ0n) is 21.7. The van der Waals surface area contributed by atoms with Crippen molar-refractivity contribution in [1.82, 2.24) is 15.5 Å². The average molecular weight is 491 g/mol. The first-order chi connectivity index (χ1) is 16.2. The molecule has 1 saturated carbocycles. The van der Waals surface area contributed by atoms with Gasteiger partial charge in [0.15, 0.2) is 0 Å². The Labute approximate surface area is 210 Å². The van der Waals surface area contributed by atoms with E-state index in [2.05, 4.69) is 74.4 Å². The molecule has 1 aliphatic carbocycles. The number of hydrogen-bond acceptors (Lipinski definition) is 5. The number of rotatable bonds is 8. The maximum absolute atomic E-state index is 12.4. The monoisotopic (exact) mass is 490 g/mol. The topological polar surface area (TPSA) is 60.1 Å². The van der Waals surface area contributed by atoms with Gasteiger partial charge in [0.2, 0.25) is 5.91 Å². The molecule has 1 amide bonds. The third kappa shape index (κ3) is 5.56. The maximum atomic E-state index is 12.4. The van der Waals surface area contributed by atoms with E-state index in [0.717, 1.165) is 23.6 Å². The zero-order valence-corrected chi connectivity index (χ0v) is 22.5. The van der Waals surface area contributed by atoms with Crippen LogP contribution in [-0.4, -0.2) is 62.3 Å². The van der Waals surface area contributed by atoms with Crippen LogP contribution in [0.4, 0.5) is 5.69 Å². The van der Waals surface area contributed by atoms with Crippen LogP contribution in [0.5, 0.6) is 0 Å². The van der Waals surface area contributed by atoms with Crippen molar-refractivity contribution in [1.29, 1.82) is 0 Å². The van der Waals surface area contributed by atoms with Gasteiger partial charge in [0.05, 0.1) is 5.92 Å². The van der Waals surface area contributed by atoms with Gasteiger partial charge in [0, 0.05) is 41.9 Å². The highest BCUT2D eigenvalue weighted by Gasteiger charge is 2.43. The maximum Gasteiger partial charge on any atom is 0.224 e. The first-order valence-corrected chi connectivity index (χ1v) is 13.5. The molecular weight excluding hydrogens is 448 g/mol. The summed E-state index contributed by atoms with van der Waals surface area (Å²) in [7, 11) is 4.38. The highest BCUT2D eigenvalue weighted by atomic mass is 35.5. The van der Waals surface area contributed by atoms with Crippen molar-refractivity contribution in [2.75, 3.05) is 32.1 Å². The third-order valence-electron chi connectivity index (χ3n) is 8.35.